The van der Waals surface area contributed by atoms with E-state index in [0.29, 0.717) is 55.2 Å². The molecular formula is C42H44BrF6N5O4S2. The van der Waals surface area contributed by atoms with Crippen molar-refractivity contribution in [1.29, 1.82) is 5.26 Å². The van der Waals surface area contributed by atoms with Crippen LogP contribution in [-0.2, 0) is 32.9 Å². The average Bonchev–Trinajstić information content (AvgIpc) is 3.68. The minimum Gasteiger partial charge on any atom is -0.361 e. The van der Waals surface area contributed by atoms with Gasteiger partial charge in [0, 0.05) is 38.7 Å². The Labute approximate surface area is 353 Å². The molecule has 0 bridgehead atoms. The molecule has 18 heteroatoms. The summed E-state index contributed by atoms with van der Waals surface area (Å²) in [4.78, 5) is 5.53. The van der Waals surface area contributed by atoms with Gasteiger partial charge in [-0.2, -0.15) is 41.0 Å². The lowest BCUT2D eigenvalue weighted by atomic mass is 10.0. The zero-order valence-corrected chi connectivity index (χ0v) is 35.8. The van der Waals surface area contributed by atoms with Crippen LogP contribution in [0.1, 0.15) is 57.5 Å². The molecule has 0 aliphatic carbocycles. The molecule has 0 amide bonds. The molecule has 0 aliphatic heterocycles. The molecule has 2 atom stereocenters. The van der Waals surface area contributed by atoms with Gasteiger partial charge in [0.15, 0.2) is 0 Å². The summed E-state index contributed by atoms with van der Waals surface area (Å²) in [5.41, 5.74) is 5.44. The molecule has 2 unspecified atom stereocenters. The van der Waals surface area contributed by atoms with Crippen LogP contribution in [0.25, 0.3) is 21.8 Å². The molecule has 0 radical (unpaired) electrons. The first-order valence-electron chi connectivity index (χ1n) is 17.9. The first-order valence-corrected chi connectivity index (χ1v) is 21.7. The van der Waals surface area contributed by atoms with Crippen LogP contribution >= 0.6 is 15.9 Å². The van der Waals surface area contributed by atoms with Gasteiger partial charge in [0.2, 0.25) is 20.0 Å². The maximum Gasteiger partial charge on any atom is 0.405 e. The van der Waals surface area contributed by atoms with Gasteiger partial charge >= 0.3 is 12.4 Å². The Morgan fingerprint density at radius 1 is 0.633 bits per heavy atom. The topological polar surface area (TPSA) is 148 Å². The van der Waals surface area contributed by atoms with E-state index >= 15 is 0 Å². The second-order valence-corrected chi connectivity index (χ2v) is 18.7. The molecule has 6 aromatic rings. The standard InChI is InChI=1S/C21H20F3N3O2S.C20H20BrF3N2O2S.CH4/c1-12-6-13(2)20(14(3)7-12)30(28,29)27-19(21(22,23)24)9-16-11-26-18-5-4-15(10-25)8-17(16)18;1-11-6-12(2)19(13(3)7-11)29(27,28)26-18(20(22,23)24)8-14-10-25-17-5-4-15(21)9-16(14)17;/h4-8,11,19,26-27H,9H2,1-3H3;4-7,9-10,18,25-26H,8H2,1-3H3;1H4. The molecule has 60 heavy (non-hydrogen) atoms. The average molecular weight is 941 g/mol. The van der Waals surface area contributed by atoms with Gasteiger partial charge in [0.1, 0.15) is 12.1 Å². The number of hydrogen-bond acceptors (Lipinski definition) is 5. The number of nitrogens with one attached hydrogen (secondary N) is 4. The van der Waals surface area contributed by atoms with Crippen molar-refractivity contribution < 1.29 is 43.2 Å². The van der Waals surface area contributed by atoms with Gasteiger partial charge in [-0.1, -0.05) is 58.7 Å². The fourth-order valence-electron chi connectivity index (χ4n) is 7.30. The van der Waals surface area contributed by atoms with Crippen LogP contribution in [0.2, 0.25) is 0 Å². The Bertz CT molecular complexity index is 2760. The summed E-state index contributed by atoms with van der Waals surface area (Å²) >= 11 is 3.31. The number of fused-ring (bicyclic) bond motifs is 2. The molecular weight excluding hydrogens is 897 g/mol. The number of benzene rings is 4. The molecule has 6 rings (SSSR count). The summed E-state index contributed by atoms with van der Waals surface area (Å²) in [6.45, 7) is 9.86. The number of alkyl halides is 6. The summed E-state index contributed by atoms with van der Waals surface area (Å²) in [6, 6.07) is 13.7. The fourth-order valence-corrected chi connectivity index (χ4v) is 11.0. The largest absolute Gasteiger partial charge is 0.405 e. The minimum atomic E-state index is -4.81. The molecule has 2 aromatic heterocycles. The van der Waals surface area contributed by atoms with Crippen LogP contribution in [0.5, 0.6) is 0 Å². The van der Waals surface area contributed by atoms with Crippen LogP contribution in [0, 0.1) is 52.9 Å². The van der Waals surface area contributed by atoms with E-state index in [0.717, 1.165) is 15.6 Å². The van der Waals surface area contributed by atoms with Crippen molar-refractivity contribution in [3.63, 3.8) is 0 Å². The number of halogens is 7. The highest BCUT2D eigenvalue weighted by molar-refractivity contribution is 9.10. The van der Waals surface area contributed by atoms with Crippen molar-refractivity contribution in [1.82, 2.24) is 19.4 Å². The number of aromatic nitrogens is 2. The Morgan fingerprint density at radius 2 is 1.00 bits per heavy atom. The smallest absolute Gasteiger partial charge is 0.361 e. The third-order valence-corrected chi connectivity index (χ3v) is 13.7. The number of nitrogens with zero attached hydrogens (tertiary/aromatic N) is 1. The molecule has 0 aliphatic rings. The van der Waals surface area contributed by atoms with Crippen molar-refractivity contribution in [3.05, 3.63) is 128 Å². The maximum atomic E-state index is 13.8. The first-order chi connectivity index (χ1) is 27.3. The second-order valence-electron chi connectivity index (χ2n) is 14.5. The zero-order valence-electron chi connectivity index (χ0n) is 32.5. The molecule has 0 saturated heterocycles. The van der Waals surface area contributed by atoms with E-state index in [9.17, 15) is 43.2 Å². The van der Waals surface area contributed by atoms with E-state index in [1.807, 2.05) is 15.5 Å². The molecule has 4 aromatic carbocycles. The number of aromatic amines is 2. The SMILES string of the molecule is C.Cc1cc(C)c(S(=O)(=O)NC(Cc2c[nH]c3ccc(Br)cc23)C(F)(F)F)c(C)c1.Cc1cc(C)c(S(=O)(=O)NC(Cc2c[nH]c3ccc(C#N)cc23)C(F)(F)F)c(C)c1. The predicted molar refractivity (Wildman–Crippen MR) is 225 cm³/mol. The monoisotopic (exact) mass is 939 g/mol. The maximum absolute atomic E-state index is 13.8. The van der Waals surface area contributed by atoms with Gasteiger partial charge in [0.25, 0.3) is 0 Å². The van der Waals surface area contributed by atoms with Gasteiger partial charge < -0.3 is 9.97 Å². The molecule has 9 nitrogen and oxygen atoms in total. The van der Waals surface area contributed by atoms with Gasteiger partial charge in [-0.05, 0) is 124 Å². The quantitative estimate of drug-likeness (QED) is 0.101. The number of hydrogen-bond donors (Lipinski definition) is 4. The third-order valence-electron chi connectivity index (χ3n) is 9.61. The van der Waals surface area contributed by atoms with E-state index < -0.39 is 57.3 Å². The van der Waals surface area contributed by atoms with Crippen LogP contribution < -0.4 is 9.44 Å². The molecule has 4 N–H and O–H groups in total. The Morgan fingerprint density at radius 3 is 1.37 bits per heavy atom. The lowest BCUT2D eigenvalue weighted by Crippen LogP contribution is -2.47. The number of aryl methyl sites for hydroxylation is 6. The number of nitriles is 1. The van der Waals surface area contributed by atoms with Crippen LogP contribution in [0.15, 0.2) is 87.3 Å². The summed E-state index contributed by atoms with van der Waals surface area (Å²) in [7, 11) is -8.80. The van der Waals surface area contributed by atoms with Crippen molar-refractivity contribution in [2.45, 2.75) is 96.0 Å². The molecule has 0 saturated carbocycles. The second kappa shape index (κ2) is 18.1. The third kappa shape index (κ3) is 11.0. The highest BCUT2D eigenvalue weighted by Gasteiger charge is 2.44. The number of H-pyrrole nitrogens is 2. The van der Waals surface area contributed by atoms with Gasteiger partial charge in [-0.3, -0.25) is 0 Å². The Balaban J connectivity index is 0.000000260. The highest BCUT2D eigenvalue weighted by Crippen LogP contribution is 2.32. The lowest BCUT2D eigenvalue weighted by Gasteiger charge is -2.23. The van der Waals surface area contributed by atoms with Crippen LogP contribution in [0.4, 0.5) is 26.3 Å². The zero-order chi connectivity index (χ0) is 43.8. The van der Waals surface area contributed by atoms with Gasteiger partial charge in [-0.25, -0.2) is 16.8 Å². The van der Waals surface area contributed by atoms with Crippen LogP contribution in [0.3, 0.4) is 0 Å². The summed E-state index contributed by atoms with van der Waals surface area (Å²) in [6.07, 6.45) is -7.82. The van der Waals surface area contributed by atoms with Crippen molar-refractivity contribution in [2.75, 3.05) is 0 Å². The van der Waals surface area contributed by atoms with E-state index in [4.69, 9.17) is 5.26 Å². The fraction of sp³-hybridized carbons (Fsp3) is 0.310. The summed E-state index contributed by atoms with van der Waals surface area (Å²) in [5, 5.41) is 10.1. The molecule has 0 spiro atoms. The summed E-state index contributed by atoms with van der Waals surface area (Å²) < 4.78 is 139. The molecule has 2 heterocycles. The number of rotatable bonds is 10. The van der Waals surface area contributed by atoms with E-state index in [2.05, 4.69) is 25.9 Å². The summed E-state index contributed by atoms with van der Waals surface area (Å²) in [5.74, 6) is 0. The van der Waals surface area contributed by atoms with Crippen molar-refractivity contribution >= 4 is 57.8 Å². The van der Waals surface area contributed by atoms with Crippen molar-refractivity contribution in [2.24, 2.45) is 0 Å². The van der Waals surface area contributed by atoms with Gasteiger partial charge in [-0.15, -0.1) is 0 Å². The number of sulfonamides is 2. The molecule has 0 fully saturated rings. The lowest BCUT2D eigenvalue weighted by molar-refractivity contribution is -0.151. The molecule has 322 valence electrons. The Kier molecular flexibility index (Phi) is 14.5. The predicted octanol–water partition coefficient (Wildman–Crippen LogP) is 10.4. The first kappa shape index (κ1) is 48.0. The van der Waals surface area contributed by atoms with E-state index in [1.54, 1.807) is 96.1 Å². The Hall–Kier alpha value is -4.67. The van der Waals surface area contributed by atoms with Crippen LogP contribution in [-0.4, -0.2) is 51.2 Å². The highest BCUT2D eigenvalue weighted by atomic mass is 79.9. The minimum absolute atomic E-state index is 0. The van der Waals surface area contributed by atoms with E-state index in [-0.39, 0.29) is 22.8 Å². The van der Waals surface area contributed by atoms with Gasteiger partial charge in [0.05, 0.1) is 21.4 Å². The normalized spacial score (nSPS) is 13.3. The van der Waals surface area contributed by atoms with Crippen molar-refractivity contribution in [3.8, 4) is 6.07 Å². The van der Waals surface area contributed by atoms with E-state index in [1.165, 1.54) is 18.5 Å².